The van der Waals surface area contributed by atoms with Gasteiger partial charge in [0, 0.05) is 29.1 Å². The summed E-state index contributed by atoms with van der Waals surface area (Å²) in [5, 5.41) is 0.765. The molecule has 0 saturated heterocycles. The molecule has 0 aromatic heterocycles. The lowest BCUT2D eigenvalue weighted by Gasteiger charge is -2.37. The van der Waals surface area contributed by atoms with E-state index in [2.05, 4.69) is 0 Å². The van der Waals surface area contributed by atoms with Gasteiger partial charge in [-0.15, -0.1) is 0 Å². The first-order chi connectivity index (χ1) is 11.9. The van der Waals surface area contributed by atoms with Crippen LogP contribution in [0.5, 0.6) is 0 Å². The summed E-state index contributed by atoms with van der Waals surface area (Å²) in [6, 6.07) is 5.00. The van der Waals surface area contributed by atoms with Crippen molar-refractivity contribution in [2.75, 3.05) is 13.7 Å². The van der Waals surface area contributed by atoms with Gasteiger partial charge in [0.15, 0.2) is 0 Å². The summed E-state index contributed by atoms with van der Waals surface area (Å²) in [6.45, 7) is 1.93. The highest BCUT2D eigenvalue weighted by Crippen LogP contribution is 2.35. The number of methoxy groups -OCH3 is 1. The Morgan fingerprint density at radius 1 is 1.28 bits per heavy atom. The molecule has 0 bridgehead atoms. The van der Waals surface area contributed by atoms with Gasteiger partial charge in [-0.1, -0.05) is 29.3 Å². The summed E-state index contributed by atoms with van der Waals surface area (Å²) in [6.07, 6.45) is 1.94. The number of esters is 2. The molecular formula is C18H22Cl2O5. The van der Waals surface area contributed by atoms with E-state index in [1.54, 1.807) is 32.2 Å². The second-order valence-corrected chi connectivity index (χ2v) is 6.83. The van der Waals surface area contributed by atoms with Crippen molar-refractivity contribution in [1.82, 2.24) is 0 Å². The summed E-state index contributed by atoms with van der Waals surface area (Å²) in [4.78, 5) is 25.0. The largest absolute Gasteiger partial charge is 0.463 e. The van der Waals surface area contributed by atoms with E-state index >= 15 is 0 Å². The summed E-state index contributed by atoms with van der Waals surface area (Å²) in [5.74, 6) is -1.10. The molecule has 1 aromatic rings. The van der Waals surface area contributed by atoms with Gasteiger partial charge in [-0.05, 0) is 38.3 Å². The first-order valence-electron chi connectivity index (χ1n) is 8.26. The minimum Gasteiger partial charge on any atom is -0.463 e. The van der Waals surface area contributed by atoms with Crippen molar-refractivity contribution < 1.29 is 23.8 Å². The molecule has 25 heavy (non-hydrogen) atoms. The Hall–Kier alpha value is -1.30. The monoisotopic (exact) mass is 388 g/mol. The van der Waals surface area contributed by atoms with Gasteiger partial charge in [0.1, 0.15) is 0 Å². The Bertz CT molecular complexity index is 614. The molecule has 0 amide bonds. The maximum Gasteiger partial charge on any atom is 0.350 e. The van der Waals surface area contributed by atoms with E-state index in [0.29, 0.717) is 28.5 Å². The van der Waals surface area contributed by atoms with Gasteiger partial charge in [0.25, 0.3) is 0 Å². The van der Waals surface area contributed by atoms with Crippen molar-refractivity contribution >= 4 is 35.1 Å². The van der Waals surface area contributed by atoms with Crippen LogP contribution < -0.4 is 0 Å². The predicted octanol–water partition coefficient (Wildman–Crippen LogP) is 3.97. The normalized spacial score (nSPS) is 23.1. The number of carbonyl (C=O) groups excluding carboxylic acids is 2. The molecule has 1 fully saturated rings. The number of benzene rings is 1. The van der Waals surface area contributed by atoms with Crippen molar-refractivity contribution in [1.29, 1.82) is 0 Å². The van der Waals surface area contributed by atoms with Crippen LogP contribution in [0.25, 0.3) is 0 Å². The summed E-state index contributed by atoms with van der Waals surface area (Å²) >= 11 is 12.2. The van der Waals surface area contributed by atoms with E-state index in [1.165, 1.54) is 0 Å². The highest BCUT2D eigenvalue weighted by molar-refractivity contribution is 6.36. The van der Waals surface area contributed by atoms with Crippen LogP contribution in [-0.4, -0.2) is 37.4 Å². The first kappa shape index (κ1) is 20.0. The number of carbonyl (C=O) groups is 2. The van der Waals surface area contributed by atoms with E-state index in [1.807, 2.05) is 0 Å². The van der Waals surface area contributed by atoms with Crippen LogP contribution in [0, 0.1) is 0 Å². The lowest BCUT2D eigenvalue weighted by atomic mass is 9.82. The fraction of sp³-hybridized carbons (Fsp3) is 0.556. The molecule has 0 aliphatic heterocycles. The zero-order valence-electron chi connectivity index (χ0n) is 14.3. The van der Waals surface area contributed by atoms with Crippen molar-refractivity contribution in [3.63, 3.8) is 0 Å². The molecule has 7 heteroatoms. The molecule has 0 N–H and O–H groups in total. The molecule has 2 unspecified atom stereocenters. The summed E-state index contributed by atoms with van der Waals surface area (Å²) in [5.41, 5.74) is -0.839. The molecule has 0 heterocycles. The van der Waals surface area contributed by atoms with Crippen molar-refractivity contribution in [2.45, 2.75) is 50.7 Å². The standard InChI is InChI=1S/C18H22Cl2O5/c1-3-24-17(22)18(9-5-6-12(11-18)23-2)25-16(21)10-13-14(19)7-4-8-15(13)20/h4,7-8,12H,3,5-6,9-11H2,1-2H3. The Balaban J connectivity index is 2.18. The minimum atomic E-state index is -1.32. The highest BCUT2D eigenvalue weighted by Gasteiger charge is 2.48. The van der Waals surface area contributed by atoms with Crippen LogP contribution in [-0.2, 0) is 30.2 Å². The second-order valence-electron chi connectivity index (χ2n) is 6.02. The quantitative estimate of drug-likeness (QED) is 0.689. The molecule has 1 aliphatic carbocycles. The van der Waals surface area contributed by atoms with Gasteiger partial charge in [-0.2, -0.15) is 0 Å². The van der Waals surface area contributed by atoms with Gasteiger partial charge < -0.3 is 14.2 Å². The lowest BCUT2D eigenvalue weighted by Crippen LogP contribution is -2.50. The third kappa shape index (κ3) is 4.87. The van der Waals surface area contributed by atoms with Crippen LogP contribution >= 0.6 is 23.2 Å². The van der Waals surface area contributed by atoms with E-state index in [-0.39, 0.29) is 25.6 Å². The Morgan fingerprint density at radius 3 is 2.56 bits per heavy atom. The topological polar surface area (TPSA) is 61.8 Å². The lowest BCUT2D eigenvalue weighted by molar-refractivity contribution is -0.191. The van der Waals surface area contributed by atoms with Crippen LogP contribution in [0.15, 0.2) is 18.2 Å². The minimum absolute atomic E-state index is 0.114. The van der Waals surface area contributed by atoms with Gasteiger partial charge in [0.05, 0.1) is 19.1 Å². The van der Waals surface area contributed by atoms with Gasteiger partial charge in [0.2, 0.25) is 5.60 Å². The molecule has 1 saturated carbocycles. The Kier molecular flexibility index (Phi) is 7.11. The molecule has 2 atom stereocenters. The predicted molar refractivity (Wildman–Crippen MR) is 94.9 cm³/mol. The molecule has 2 rings (SSSR count). The van der Waals surface area contributed by atoms with E-state index < -0.39 is 17.5 Å². The third-order valence-corrected chi connectivity index (χ3v) is 5.05. The zero-order chi connectivity index (χ0) is 18.4. The van der Waals surface area contributed by atoms with E-state index in [4.69, 9.17) is 37.4 Å². The van der Waals surface area contributed by atoms with E-state index in [9.17, 15) is 9.59 Å². The highest BCUT2D eigenvalue weighted by atomic mass is 35.5. The molecular weight excluding hydrogens is 367 g/mol. The van der Waals surface area contributed by atoms with Crippen LogP contribution in [0.1, 0.15) is 38.2 Å². The van der Waals surface area contributed by atoms with Crippen molar-refractivity contribution in [3.05, 3.63) is 33.8 Å². The Morgan fingerprint density at radius 2 is 1.96 bits per heavy atom. The Labute approximate surface area is 157 Å². The van der Waals surface area contributed by atoms with Gasteiger partial charge in [-0.25, -0.2) is 4.79 Å². The number of hydrogen-bond acceptors (Lipinski definition) is 5. The van der Waals surface area contributed by atoms with Crippen LogP contribution in [0.4, 0.5) is 0 Å². The van der Waals surface area contributed by atoms with Crippen LogP contribution in [0.3, 0.4) is 0 Å². The number of rotatable bonds is 6. The molecule has 138 valence electrons. The van der Waals surface area contributed by atoms with Crippen molar-refractivity contribution in [2.24, 2.45) is 0 Å². The number of ether oxygens (including phenoxy) is 3. The molecule has 1 aliphatic rings. The molecule has 1 aromatic carbocycles. The maximum atomic E-state index is 12.5. The SMILES string of the molecule is CCOC(=O)C1(OC(=O)Cc2c(Cl)cccc2Cl)CCCC(OC)C1. The van der Waals surface area contributed by atoms with E-state index in [0.717, 1.165) is 6.42 Å². The van der Waals surface area contributed by atoms with Gasteiger partial charge >= 0.3 is 11.9 Å². The average molecular weight is 389 g/mol. The summed E-state index contributed by atoms with van der Waals surface area (Å²) < 4.78 is 16.2. The summed E-state index contributed by atoms with van der Waals surface area (Å²) in [7, 11) is 1.58. The molecule has 5 nitrogen and oxygen atoms in total. The van der Waals surface area contributed by atoms with Crippen LogP contribution in [0.2, 0.25) is 10.0 Å². The first-order valence-corrected chi connectivity index (χ1v) is 9.02. The fourth-order valence-electron chi connectivity index (χ4n) is 3.07. The van der Waals surface area contributed by atoms with Gasteiger partial charge in [-0.3, -0.25) is 4.79 Å². The average Bonchev–Trinajstić information content (AvgIpc) is 2.58. The third-order valence-electron chi connectivity index (χ3n) is 4.34. The number of halogens is 2. The fourth-order valence-corrected chi connectivity index (χ4v) is 3.60. The molecule has 0 radical (unpaired) electrons. The second kappa shape index (κ2) is 8.88. The smallest absolute Gasteiger partial charge is 0.350 e. The van der Waals surface area contributed by atoms with Crippen molar-refractivity contribution in [3.8, 4) is 0 Å². The number of hydrogen-bond donors (Lipinski definition) is 0. The maximum absolute atomic E-state index is 12.5. The molecule has 0 spiro atoms. The zero-order valence-corrected chi connectivity index (χ0v) is 15.9.